The van der Waals surface area contributed by atoms with Gasteiger partial charge in [0, 0.05) is 7.11 Å². The van der Waals surface area contributed by atoms with Gasteiger partial charge in [-0.25, -0.2) is 0 Å². The maximum absolute atomic E-state index is 9.55. The van der Waals surface area contributed by atoms with Crippen molar-refractivity contribution in [2.75, 3.05) is 13.9 Å². The summed E-state index contributed by atoms with van der Waals surface area (Å²) < 4.78 is 10.2. The minimum atomic E-state index is -0.595. The number of unbranched alkanes of at least 4 members (excludes halogenated alkanes) is 2. The predicted octanol–water partition coefficient (Wildman–Crippen LogP) is 2.10. The Kier molecular flexibility index (Phi) is 8.94. The van der Waals surface area contributed by atoms with Crippen molar-refractivity contribution in [3.63, 3.8) is 0 Å². The van der Waals surface area contributed by atoms with Gasteiger partial charge in [-0.05, 0) is 6.42 Å². The van der Waals surface area contributed by atoms with Crippen molar-refractivity contribution in [1.82, 2.24) is 0 Å². The molecule has 3 heteroatoms. The maximum Gasteiger partial charge on any atom is 0.146 e. The summed E-state index contributed by atoms with van der Waals surface area (Å²) in [6.07, 6.45) is 4.98. The molecular formula is C11H22O3. The Morgan fingerprint density at radius 3 is 2.64 bits per heavy atom. The van der Waals surface area contributed by atoms with Gasteiger partial charge in [-0.3, -0.25) is 0 Å². The lowest BCUT2D eigenvalue weighted by molar-refractivity contribution is -0.105. The van der Waals surface area contributed by atoms with Gasteiger partial charge in [0.05, 0.1) is 12.2 Å². The largest absolute Gasteiger partial charge is 0.386 e. The summed E-state index contributed by atoms with van der Waals surface area (Å²) in [5.41, 5.74) is 0. The maximum atomic E-state index is 9.55. The fourth-order valence-corrected chi connectivity index (χ4v) is 1.26. The summed E-state index contributed by atoms with van der Waals surface area (Å²) in [6, 6.07) is 0. The Morgan fingerprint density at radius 1 is 1.43 bits per heavy atom. The van der Waals surface area contributed by atoms with Gasteiger partial charge >= 0.3 is 0 Å². The second-order valence-electron chi connectivity index (χ2n) is 3.33. The van der Waals surface area contributed by atoms with Gasteiger partial charge in [0.1, 0.15) is 6.79 Å². The summed E-state index contributed by atoms with van der Waals surface area (Å²) in [7, 11) is 1.57. The molecule has 84 valence electrons. The Balaban J connectivity index is 3.77. The van der Waals surface area contributed by atoms with Crippen LogP contribution in [0.3, 0.4) is 0 Å². The SMILES string of the molecule is C=C[C@@H](O)[C@@H](CCCCC)OCOC. The molecule has 0 aliphatic carbocycles. The van der Waals surface area contributed by atoms with E-state index in [0.29, 0.717) is 0 Å². The van der Waals surface area contributed by atoms with E-state index in [1.165, 1.54) is 12.5 Å². The van der Waals surface area contributed by atoms with Crippen molar-refractivity contribution in [3.05, 3.63) is 12.7 Å². The molecular weight excluding hydrogens is 180 g/mol. The lowest BCUT2D eigenvalue weighted by atomic mass is 10.1. The van der Waals surface area contributed by atoms with E-state index >= 15 is 0 Å². The highest BCUT2D eigenvalue weighted by Gasteiger charge is 2.16. The van der Waals surface area contributed by atoms with Gasteiger partial charge in [-0.2, -0.15) is 0 Å². The average molecular weight is 202 g/mol. The van der Waals surface area contributed by atoms with E-state index in [-0.39, 0.29) is 12.9 Å². The molecule has 0 aliphatic rings. The molecule has 1 N–H and O–H groups in total. The van der Waals surface area contributed by atoms with Crippen LogP contribution >= 0.6 is 0 Å². The van der Waals surface area contributed by atoms with Crippen LogP contribution in [0.25, 0.3) is 0 Å². The third-order valence-corrected chi connectivity index (χ3v) is 2.11. The van der Waals surface area contributed by atoms with Crippen LogP contribution in [0.4, 0.5) is 0 Å². The first kappa shape index (κ1) is 13.6. The van der Waals surface area contributed by atoms with E-state index in [1.54, 1.807) is 7.11 Å². The Labute approximate surface area is 86.7 Å². The van der Waals surface area contributed by atoms with Gasteiger partial charge in [0.25, 0.3) is 0 Å². The highest BCUT2D eigenvalue weighted by molar-refractivity contribution is 4.85. The quantitative estimate of drug-likeness (QED) is 0.353. The molecule has 0 fully saturated rings. The van der Waals surface area contributed by atoms with Crippen molar-refractivity contribution >= 4 is 0 Å². The summed E-state index contributed by atoms with van der Waals surface area (Å²) >= 11 is 0. The Morgan fingerprint density at radius 2 is 2.14 bits per heavy atom. The second-order valence-corrected chi connectivity index (χ2v) is 3.33. The van der Waals surface area contributed by atoms with Crippen LogP contribution in [0.5, 0.6) is 0 Å². The van der Waals surface area contributed by atoms with Gasteiger partial charge < -0.3 is 14.6 Å². The standard InChI is InChI=1S/C11H22O3/c1-4-6-7-8-11(10(12)5-2)14-9-13-3/h5,10-12H,2,4,6-9H2,1,3H3/t10-,11-/m1/s1. The van der Waals surface area contributed by atoms with Crippen LogP contribution < -0.4 is 0 Å². The topological polar surface area (TPSA) is 38.7 Å². The highest BCUT2D eigenvalue weighted by atomic mass is 16.7. The molecule has 0 amide bonds. The monoisotopic (exact) mass is 202 g/mol. The zero-order valence-electron chi connectivity index (χ0n) is 9.24. The summed E-state index contributed by atoms with van der Waals surface area (Å²) in [6.45, 7) is 5.92. The van der Waals surface area contributed by atoms with E-state index in [2.05, 4.69) is 13.5 Å². The van der Waals surface area contributed by atoms with E-state index in [1.807, 2.05) is 0 Å². The normalized spacial score (nSPS) is 15.1. The first-order chi connectivity index (χ1) is 6.76. The molecule has 0 aromatic rings. The molecule has 3 nitrogen and oxygen atoms in total. The van der Waals surface area contributed by atoms with Crippen LogP contribution in [0, 0.1) is 0 Å². The number of hydrogen-bond donors (Lipinski definition) is 1. The van der Waals surface area contributed by atoms with Gasteiger partial charge in [-0.1, -0.05) is 32.3 Å². The van der Waals surface area contributed by atoms with Crippen LogP contribution in [0.2, 0.25) is 0 Å². The number of ether oxygens (including phenoxy) is 2. The van der Waals surface area contributed by atoms with Crippen LogP contribution in [-0.4, -0.2) is 31.2 Å². The zero-order chi connectivity index (χ0) is 10.8. The molecule has 0 saturated heterocycles. The predicted molar refractivity (Wildman–Crippen MR) is 57.1 cm³/mol. The molecule has 0 aliphatic heterocycles. The second kappa shape index (κ2) is 9.19. The molecule has 0 rings (SSSR count). The zero-order valence-corrected chi connectivity index (χ0v) is 9.24. The molecule has 0 aromatic carbocycles. The molecule has 0 unspecified atom stereocenters. The summed E-state index contributed by atoms with van der Waals surface area (Å²) in [5.74, 6) is 0. The number of rotatable bonds is 9. The van der Waals surface area contributed by atoms with Crippen molar-refractivity contribution in [1.29, 1.82) is 0 Å². The minimum absolute atomic E-state index is 0.181. The van der Waals surface area contributed by atoms with E-state index in [4.69, 9.17) is 9.47 Å². The first-order valence-corrected chi connectivity index (χ1v) is 5.17. The molecule has 0 spiro atoms. The van der Waals surface area contributed by atoms with Gasteiger partial charge in [0.2, 0.25) is 0 Å². The average Bonchev–Trinajstić information content (AvgIpc) is 2.22. The van der Waals surface area contributed by atoms with Crippen molar-refractivity contribution in [3.8, 4) is 0 Å². The minimum Gasteiger partial charge on any atom is -0.386 e. The number of hydrogen-bond acceptors (Lipinski definition) is 3. The molecule has 0 heterocycles. The lowest BCUT2D eigenvalue weighted by Crippen LogP contribution is -2.28. The Hall–Kier alpha value is -0.380. The van der Waals surface area contributed by atoms with Gasteiger partial charge in [0.15, 0.2) is 0 Å². The van der Waals surface area contributed by atoms with Gasteiger partial charge in [-0.15, -0.1) is 6.58 Å². The van der Waals surface area contributed by atoms with E-state index in [0.717, 1.165) is 19.3 Å². The number of aliphatic hydroxyl groups is 1. The van der Waals surface area contributed by atoms with E-state index < -0.39 is 6.10 Å². The molecule has 14 heavy (non-hydrogen) atoms. The van der Waals surface area contributed by atoms with Crippen LogP contribution in [0.1, 0.15) is 32.6 Å². The van der Waals surface area contributed by atoms with Crippen LogP contribution in [0.15, 0.2) is 12.7 Å². The van der Waals surface area contributed by atoms with Crippen LogP contribution in [-0.2, 0) is 9.47 Å². The van der Waals surface area contributed by atoms with Crippen molar-refractivity contribution in [2.45, 2.75) is 44.8 Å². The first-order valence-electron chi connectivity index (χ1n) is 5.17. The fraction of sp³-hybridized carbons (Fsp3) is 0.818. The van der Waals surface area contributed by atoms with Crippen molar-refractivity contribution in [2.24, 2.45) is 0 Å². The molecule has 2 atom stereocenters. The number of methoxy groups -OCH3 is 1. The molecule has 0 saturated carbocycles. The highest BCUT2D eigenvalue weighted by Crippen LogP contribution is 2.11. The smallest absolute Gasteiger partial charge is 0.146 e. The number of aliphatic hydroxyl groups excluding tert-OH is 1. The van der Waals surface area contributed by atoms with E-state index in [9.17, 15) is 5.11 Å². The fourth-order valence-electron chi connectivity index (χ4n) is 1.26. The molecule has 0 radical (unpaired) electrons. The third kappa shape index (κ3) is 6.13. The summed E-state index contributed by atoms with van der Waals surface area (Å²) in [5, 5.41) is 9.55. The third-order valence-electron chi connectivity index (χ3n) is 2.11. The summed E-state index contributed by atoms with van der Waals surface area (Å²) in [4.78, 5) is 0. The molecule has 0 bridgehead atoms. The molecule has 0 aromatic heterocycles. The lowest BCUT2D eigenvalue weighted by Gasteiger charge is -2.20. The van der Waals surface area contributed by atoms with Crippen molar-refractivity contribution < 1.29 is 14.6 Å². The Bertz CT molecular complexity index is 136.